The van der Waals surface area contributed by atoms with Crippen LogP contribution in [-0.4, -0.2) is 30.6 Å². The average Bonchev–Trinajstić information content (AvgIpc) is 2.75. The lowest BCUT2D eigenvalue weighted by molar-refractivity contribution is 0.0684. The standard InChI is InChI=1S/C10H12N4O2/c1-7-5-8(13(2)12-7)6-14-9(10(15)16)3-4-11-14/h3-5H,6H2,1-2H3,(H,15,16). The van der Waals surface area contributed by atoms with E-state index < -0.39 is 5.97 Å². The fourth-order valence-electron chi connectivity index (χ4n) is 1.61. The molecule has 6 heteroatoms. The summed E-state index contributed by atoms with van der Waals surface area (Å²) in [7, 11) is 1.83. The van der Waals surface area contributed by atoms with Gasteiger partial charge in [0.15, 0.2) is 0 Å². The van der Waals surface area contributed by atoms with Gasteiger partial charge in [0.25, 0.3) is 0 Å². The van der Waals surface area contributed by atoms with Crippen molar-refractivity contribution in [3.63, 3.8) is 0 Å². The minimum absolute atomic E-state index is 0.179. The fourth-order valence-corrected chi connectivity index (χ4v) is 1.61. The minimum atomic E-state index is -0.976. The first-order chi connectivity index (χ1) is 7.58. The molecule has 0 aromatic carbocycles. The number of nitrogens with zero attached hydrogens (tertiary/aromatic N) is 4. The number of carboxylic acids is 1. The van der Waals surface area contributed by atoms with Crippen LogP contribution in [0.5, 0.6) is 0 Å². The predicted octanol–water partition coefficient (Wildman–Crippen LogP) is 0.672. The van der Waals surface area contributed by atoms with Gasteiger partial charge in [0.1, 0.15) is 5.69 Å². The van der Waals surface area contributed by atoms with E-state index in [1.807, 2.05) is 20.0 Å². The van der Waals surface area contributed by atoms with Crippen LogP contribution in [0.1, 0.15) is 21.9 Å². The van der Waals surface area contributed by atoms with Crippen molar-refractivity contribution < 1.29 is 9.90 Å². The van der Waals surface area contributed by atoms with E-state index in [1.54, 1.807) is 4.68 Å². The summed E-state index contributed by atoms with van der Waals surface area (Å²) < 4.78 is 3.17. The molecule has 2 rings (SSSR count). The van der Waals surface area contributed by atoms with Gasteiger partial charge in [-0.2, -0.15) is 10.2 Å². The van der Waals surface area contributed by atoms with Crippen molar-refractivity contribution >= 4 is 5.97 Å². The number of hydrogen-bond donors (Lipinski definition) is 1. The van der Waals surface area contributed by atoms with Crippen LogP contribution in [0.2, 0.25) is 0 Å². The molecule has 0 spiro atoms. The Balaban J connectivity index is 2.30. The van der Waals surface area contributed by atoms with Gasteiger partial charge >= 0.3 is 5.97 Å². The van der Waals surface area contributed by atoms with Crippen LogP contribution in [0.3, 0.4) is 0 Å². The third-order valence-corrected chi connectivity index (χ3v) is 2.35. The Morgan fingerprint density at radius 1 is 1.56 bits per heavy atom. The number of carboxylic acid groups (broad SMARTS) is 1. The van der Waals surface area contributed by atoms with Crippen LogP contribution in [-0.2, 0) is 13.6 Å². The van der Waals surface area contributed by atoms with E-state index in [2.05, 4.69) is 10.2 Å². The smallest absolute Gasteiger partial charge is 0.354 e. The van der Waals surface area contributed by atoms with Crippen molar-refractivity contribution in [2.75, 3.05) is 0 Å². The molecular formula is C10H12N4O2. The largest absolute Gasteiger partial charge is 0.477 e. The third-order valence-electron chi connectivity index (χ3n) is 2.35. The summed E-state index contributed by atoms with van der Waals surface area (Å²) in [5.41, 5.74) is 2.00. The van der Waals surface area contributed by atoms with Gasteiger partial charge < -0.3 is 5.11 Å². The molecular weight excluding hydrogens is 208 g/mol. The van der Waals surface area contributed by atoms with E-state index in [1.165, 1.54) is 16.9 Å². The van der Waals surface area contributed by atoms with E-state index >= 15 is 0 Å². The highest BCUT2D eigenvalue weighted by molar-refractivity contribution is 5.85. The first kappa shape index (κ1) is 10.4. The SMILES string of the molecule is Cc1cc(Cn2nccc2C(=O)O)n(C)n1. The van der Waals surface area contributed by atoms with Crippen LogP contribution in [0, 0.1) is 6.92 Å². The van der Waals surface area contributed by atoms with Crippen LogP contribution in [0.15, 0.2) is 18.3 Å². The van der Waals surface area contributed by atoms with Gasteiger partial charge in [-0.3, -0.25) is 9.36 Å². The van der Waals surface area contributed by atoms with Crippen molar-refractivity contribution in [1.82, 2.24) is 19.6 Å². The number of hydrogen-bond acceptors (Lipinski definition) is 3. The molecule has 16 heavy (non-hydrogen) atoms. The van der Waals surface area contributed by atoms with Gasteiger partial charge in [-0.15, -0.1) is 0 Å². The normalized spacial score (nSPS) is 10.6. The molecule has 0 unspecified atom stereocenters. The van der Waals surface area contributed by atoms with Crippen LogP contribution >= 0.6 is 0 Å². The molecule has 2 heterocycles. The molecule has 0 saturated heterocycles. The highest BCUT2D eigenvalue weighted by Crippen LogP contribution is 2.06. The van der Waals surface area contributed by atoms with Gasteiger partial charge in [-0.05, 0) is 19.1 Å². The second-order valence-electron chi connectivity index (χ2n) is 3.58. The Bertz CT molecular complexity index is 527. The molecule has 0 bridgehead atoms. The van der Waals surface area contributed by atoms with Gasteiger partial charge in [-0.1, -0.05) is 0 Å². The summed E-state index contributed by atoms with van der Waals surface area (Å²) in [6, 6.07) is 3.39. The summed E-state index contributed by atoms with van der Waals surface area (Å²) in [6.45, 7) is 2.30. The molecule has 0 aliphatic carbocycles. The van der Waals surface area contributed by atoms with Crippen LogP contribution in [0.4, 0.5) is 0 Å². The minimum Gasteiger partial charge on any atom is -0.477 e. The van der Waals surface area contributed by atoms with Crippen molar-refractivity contribution in [2.45, 2.75) is 13.5 Å². The zero-order chi connectivity index (χ0) is 11.7. The van der Waals surface area contributed by atoms with Crippen LogP contribution in [0.25, 0.3) is 0 Å². The molecule has 2 aromatic heterocycles. The van der Waals surface area contributed by atoms with Crippen molar-refractivity contribution in [2.24, 2.45) is 7.05 Å². The maximum Gasteiger partial charge on any atom is 0.354 e. The lowest BCUT2D eigenvalue weighted by atomic mass is 10.3. The monoisotopic (exact) mass is 220 g/mol. The molecule has 0 aliphatic rings. The number of aryl methyl sites for hydroxylation is 2. The number of aromatic nitrogens is 4. The van der Waals surface area contributed by atoms with Crippen molar-refractivity contribution in [3.05, 3.63) is 35.4 Å². The second-order valence-corrected chi connectivity index (χ2v) is 3.58. The van der Waals surface area contributed by atoms with Gasteiger partial charge in [0, 0.05) is 13.2 Å². The fraction of sp³-hybridized carbons (Fsp3) is 0.300. The molecule has 84 valence electrons. The average molecular weight is 220 g/mol. The first-order valence-corrected chi connectivity index (χ1v) is 4.82. The van der Waals surface area contributed by atoms with Gasteiger partial charge in [-0.25, -0.2) is 4.79 Å². The Morgan fingerprint density at radius 3 is 2.88 bits per heavy atom. The first-order valence-electron chi connectivity index (χ1n) is 4.82. The summed E-state index contributed by atoms with van der Waals surface area (Å²) in [6.07, 6.45) is 1.48. The van der Waals surface area contributed by atoms with E-state index in [0.717, 1.165) is 11.4 Å². The van der Waals surface area contributed by atoms with Gasteiger partial charge in [0.05, 0.1) is 17.9 Å². The summed E-state index contributed by atoms with van der Waals surface area (Å²) in [5, 5.41) is 17.1. The number of rotatable bonds is 3. The zero-order valence-electron chi connectivity index (χ0n) is 9.08. The Hall–Kier alpha value is -2.11. The van der Waals surface area contributed by atoms with Gasteiger partial charge in [0.2, 0.25) is 0 Å². The Kier molecular flexibility index (Phi) is 2.47. The van der Waals surface area contributed by atoms with Crippen molar-refractivity contribution in [3.8, 4) is 0 Å². The highest BCUT2D eigenvalue weighted by Gasteiger charge is 2.11. The molecule has 0 radical (unpaired) electrons. The molecule has 0 atom stereocenters. The Morgan fingerprint density at radius 2 is 2.31 bits per heavy atom. The maximum atomic E-state index is 10.9. The molecule has 1 N–H and O–H groups in total. The number of aromatic carboxylic acids is 1. The second kappa shape index (κ2) is 3.80. The van der Waals surface area contributed by atoms with E-state index in [9.17, 15) is 4.79 Å². The lowest BCUT2D eigenvalue weighted by Gasteiger charge is -2.04. The van der Waals surface area contributed by atoms with E-state index in [0.29, 0.717) is 6.54 Å². The highest BCUT2D eigenvalue weighted by atomic mass is 16.4. The zero-order valence-corrected chi connectivity index (χ0v) is 9.08. The van der Waals surface area contributed by atoms with E-state index in [-0.39, 0.29) is 5.69 Å². The summed E-state index contributed by atoms with van der Waals surface area (Å²) >= 11 is 0. The third kappa shape index (κ3) is 1.81. The Labute approximate surface area is 92.1 Å². The quantitative estimate of drug-likeness (QED) is 0.825. The van der Waals surface area contributed by atoms with Crippen molar-refractivity contribution in [1.29, 1.82) is 0 Å². The molecule has 6 nitrogen and oxygen atoms in total. The summed E-state index contributed by atoms with van der Waals surface area (Å²) in [4.78, 5) is 10.9. The molecule has 0 amide bonds. The predicted molar refractivity (Wildman–Crippen MR) is 56.2 cm³/mol. The maximum absolute atomic E-state index is 10.9. The molecule has 0 aliphatic heterocycles. The summed E-state index contributed by atoms with van der Waals surface area (Å²) in [5.74, 6) is -0.976. The van der Waals surface area contributed by atoms with Crippen LogP contribution < -0.4 is 0 Å². The van der Waals surface area contributed by atoms with E-state index in [4.69, 9.17) is 5.11 Å². The lowest BCUT2D eigenvalue weighted by Crippen LogP contribution is -2.13. The molecule has 2 aromatic rings. The molecule has 0 saturated carbocycles. The number of carbonyl (C=O) groups is 1. The topological polar surface area (TPSA) is 72.9 Å². The molecule has 0 fully saturated rings.